The molecular formula is C23H19N3O3S. The third-order valence-electron chi connectivity index (χ3n) is 4.89. The molecule has 0 fully saturated rings. The monoisotopic (exact) mass is 417 g/mol. The van der Waals surface area contributed by atoms with Crippen LogP contribution >= 0.6 is 12.2 Å². The molecule has 30 heavy (non-hydrogen) atoms. The van der Waals surface area contributed by atoms with Crippen molar-refractivity contribution in [3.8, 4) is 11.4 Å². The highest BCUT2D eigenvalue weighted by Crippen LogP contribution is 2.21. The van der Waals surface area contributed by atoms with Crippen LogP contribution in [-0.4, -0.2) is 20.1 Å². The molecule has 0 saturated heterocycles. The maximum Gasteiger partial charge on any atom is 0.266 e. The fourth-order valence-electron chi connectivity index (χ4n) is 3.40. The standard InChI is InChI=1S/C23H19N3O3S/c1-16(27)24(17-11-13-19(28)14-12-17)15-25-21-10-6-5-9-20(21)22(29)26(23(25)30)18-7-3-2-4-8-18/h2-14,28H,15H2,1H3. The van der Waals surface area contributed by atoms with Gasteiger partial charge in [-0.25, -0.2) is 0 Å². The highest BCUT2D eigenvalue weighted by atomic mass is 32.1. The number of aromatic hydroxyl groups is 1. The summed E-state index contributed by atoms with van der Waals surface area (Å²) in [5.41, 5.74) is 1.71. The van der Waals surface area contributed by atoms with E-state index in [0.29, 0.717) is 22.3 Å². The first-order valence-electron chi connectivity index (χ1n) is 9.34. The quantitative estimate of drug-likeness (QED) is 0.505. The molecule has 6 nitrogen and oxygen atoms in total. The van der Waals surface area contributed by atoms with E-state index < -0.39 is 0 Å². The van der Waals surface area contributed by atoms with Crippen molar-refractivity contribution >= 4 is 34.7 Å². The van der Waals surface area contributed by atoms with Crippen LogP contribution in [0.4, 0.5) is 5.69 Å². The number of para-hydroxylation sites is 2. The van der Waals surface area contributed by atoms with E-state index in [4.69, 9.17) is 12.2 Å². The molecule has 0 radical (unpaired) electrons. The average Bonchev–Trinajstić information content (AvgIpc) is 2.75. The van der Waals surface area contributed by atoms with Crippen molar-refractivity contribution in [1.29, 1.82) is 0 Å². The fourth-order valence-corrected chi connectivity index (χ4v) is 3.74. The third kappa shape index (κ3) is 3.51. The molecule has 0 saturated carbocycles. The van der Waals surface area contributed by atoms with Crippen molar-refractivity contribution in [2.24, 2.45) is 0 Å². The summed E-state index contributed by atoms with van der Waals surface area (Å²) in [6.07, 6.45) is 0. The Morgan fingerprint density at radius 3 is 2.27 bits per heavy atom. The number of hydrogen-bond acceptors (Lipinski definition) is 4. The van der Waals surface area contributed by atoms with Crippen LogP contribution in [-0.2, 0) is 11.5 Å². The summed E-state index contributed by atoms with van der Waals surface area (Å²) in [6, 6.07) is 22.8. The van der Waals surface area contributed by atoms with Gasteiger partial charge in [0.2, 0.25) is 5.91 Å². The molecule has 0 aliphatic rings. The second-order valence-electron chi connectivity index (χ2n) is 6.81. The zero-order valence-corrected chi connectivity index (χ0v) is 17.0. The number of fused-ring (bicyclic) bond motifs is 1. The Kier molecular flexibility index (Phi) is 5.20. The minimum atomic E-state index is -0.211. The zero-order chi connectivity index (χ0) is 21.3. The molecule has 0 bridgehead atoms. The normalized spacial score (nSPS) is 10.8. The smallest absolute Gasteiger partial charge is 0.266 e. The van der Waals surface area contributed by atoms with E-state index in [1.807, 2.05) is 42.5 Å². The predicted molar refractivity (Wildman–Crippen MR) is 120 cm³/mol. The number of carbonyl (C=O) groups is 1. The number of amides is 1. The molecule has 0 aliphatic carbocycles. The van der Waals surface area contributed by atoms with Crippen molar-refractivity contribution in [3.63, 3.8) is 0 Å². The van der Waals surface area contributed by atoms with E-state index in [1.54, 1.807) is 33.7 Å². The summed E-state index contributed by atoms with van der Waals surface area (Å²) in [7, 11) is 0. The number of benzene rings is 3. The lowest BCUT2D eigenvalue weighted by molar-refractivity contribution is -0.116. The van der Waals surface area contributed by atoms with Gasteiger partial charge in [-0.15, -0.1) is 0 Å². The van der Waals surface area contributed by atoms with Crippen LogP contribution in [0.25, 0.3) is 16.6 Å². The Morgan fingerprint density at radius 1 is 0.967 bits per heavy atom. The lowest BCUT2D eigenvalue weighted by Crippen LogP contribution is -2.34. The molecule has 0 spiro atoms. The number of hydrogen-bond donors (Lipinski definition) is 1. The SMILES string of the molecule is CC(=O)N(Cn1c(=S)n(-c2ccccc2)c(=O)c2ccccc21)c1ccc(O)cc1. The van der Waals surface area contributed by atoms with Crippen LogP contribution in [0.2, 0.25) is 0 Å². The molecular weight excluding hydrogens is 398 g/mol. The molecule has 0 unspecified atom stereocenters. The molecule has 1 N–H and O–H groups in total. The molecule has 0 atom stereocenters. The number of anilines is 1. The molecule has 7 heteroatoms. The van der Waals surface area contributed by atoms with Crippen LogP contribution < -0.4 is 10.5 Å². The Balaban J connectivity index is 1.96. The third-order valence-corrected chi connectivity index (χ3v) is 5.29. The van der Waals surface area contributed by atoms with E-state index >= 15 is 0 Å². The van der Waals surface area contributed by atoms with Gasteiger partial charge in [-0.05, 0) is 60.7 Å². The summed E-state index contributed by atoms with van der Waals surface area (Å²) in [6.45, 7) is 1.58. The average molecular weight is 417 g/mol. The van der Waals surface area contributed by atoms with E-state index in [1.165, 1.54) is 23.6 Å². The molecule has 1 heterocycles. The van der Waals surface area contributed by atoms with E-state index in [-0.39, 0.29) is 28.7 Å². The van der Waals surface area contributed by atoms with Gasteiger partial charge in [-0.3, -0.25) is 23.6 Å². The van der Waals surface area contributed by atoms with Crippen LogP contribution in [0, 0.1) is 4.77 Å². The minimum absolute atomic E-state index is 0.113. The highest BCUT2D eigenvalue weighted by molar-refractivity contribution is 7.71. The predicted octanol–water partition coefficient (Wildman–Crippen LogP) is 4.24. The van der Waals surface area contributed by atoms with Gasteiger partial charge in [0.1, 0.15) is 12.4 Å². The molecule has 1 amide bonds. The van der Waals surface area contributed by atoms with E-state index in [9.17, 15) is 14.7 Å². The van der Waals surface area contributed by atoms with Gasteiger partial charge in [-0.1, -0.05) is 30.3 Å². The van der Waals surface area contributed by atoms with Gasteiger partial charge in [0, 0.05) is 12.6 Å². The number of rotatable bonds is 4. The Bertz CT molecular complexity index is 1340. The van der Waals surface area contributed by atoms with Crippen molar-refractivity contribution in [2.75, 3.05) is 4.90 Å². The Hall–Kier alpha value is -3.71. The molecule has 1 aromatic heterocycles. The molecule has 4 rings (SSSR count). The van der Waals surface area contributed by atoms with Crippen molar-refractivity contribution < 1.29 is 9.90 Å². The number of phenolic OH excluding ortho intramolecular Hbond substituents is 1. The summed E-state index contributed by atoms with van der Waals surface area (Å²) in [5, 5.41) is 10.1. The van der Waals surface area contributed by atoms with Crippen molar-refractivity contribution in [3.05, 3.63) is 94.0 Å². The van der Waals surface area contributed by atoms with E-state index in [2.05, 4.69) is 0 Å². The van der Waals surface area contributed by atoms with Crippen LogP contribution in [0.3, 0.4) is 0 Å². The Morgan fingerprint density at radius 2 is 1.60 bits per heavy atom. The first-order chi connectivity index (χ1) is 14.5. The van der Waals surface area contributed by atoms with Gasteiger partial charge in [0.25, 0.3) is 5.56 Å². The summed E-state index contributed by atoms with van der Waals surface area (Å²) in [4.78, 5) is 27.2. The first kappa shape index (κ1) is 19.6. The highest BCUT2D eigenvalue weighted by Gasteiger charge is 2.17. The van der Waals surface area contributed by atoms with Gasteiger partial charge < -0.3 is 5.11 Å². The summed E-state index contributed by atoms with van der Waals surface area (Å²) < 4.78 is 3.54. The van der Waals surface area contributed by atoms with Crippen molar-refractivity contribution in [2.45, 2.75) is 13.6 Å². The fraction of sp³-hybridized carbons (Fsp3) is 0.0870. The van der Waals surface area contributed by atoms with Gasteiger partial charge in [-0.2, -0.15) is 0 Å². The summed E-state index contributed by atoms with van der Waals surface area (Å²) in [5.74, 6) is -0.0777. The van der Waals surface area contributed by atoms with Gasteiger partial charge in [0.15, 0.2) is 4.77 Å². The topological polar surface area (TPSA) is 67.5 Å². The Labute approximate surface area is 177 Å². The number of nitrogens with zero attached hydrogens (tertiary/aromatic N) is 3. The molecule has 4 aromatic rings. The summed E-state index contributed by atoms with van der Waals surface area (Å²) >= 11 is 5.71. The number of aromatic nitrogens is 2. The van der Waals surface area contributed by atoms with Crippen LogP contribution in [0.1, 0.15) is 6.92 Å². The largest absolute Gasteiger partial charge is 0.508 e. The van der Waals surface area contributed by atoms with Crippen LogP contribution in [0.15, 0.2) is 83.7 Å². The first-order valence-corrected chi connectivity index (χ1v) is 9.75. The lowest BCUT2D eigenvalue weighted by Gasteiger charge is -2.25. The second kappa shape index (κ2) is 7.96. The van der Waals surface area contributed by atoms with Crippen molar-refractivity contribution in [1.82, 2.24) is 9.13 Å². The maximum atomic E-state index is 13.2. The van der Waals surface area contributed by atoms with Gasteiger partial charge >= 0.3 is 0 Å². The van der Waals surface area contributed by atoms with Gasteiger partial charge in [0.05, 0.1) is 16.6 Å². The molecule has 3 aromatic carbocycles. The zero-order valence-electron chi connectivity index (χ0n) is 16.2. The van der Waals surface area contributed by atoms with E-state index in [0.717, 1.165) is 0 Å². The molecule has 150 valence electrons. The number of carbonyl (C=O) groups excluding carboxylic acids is 1. The second-order valence-corrected chi connectivity index (χ2v) is 7.17. The minimum Gasteiger partial charge on any atom is -0.508 e. The lowest BCUT2D eigenvalue weighted by atomic mass is 10.2. The molecule has 0 aliphatic heterocycles. The number of phenols is 1. The van der Waals surface area contributed by atoms with Crippen LogP contribution in [0.5, 0.6) is 5.75 Å². The maximum absolute atomic E-state index is 13.2.